The van der Waals surface area contributed by atoms with Crippen molar-refractivity contribution in [2.45, 2.75) is 32.2 Å². The average molecular weight is 235 g/mol. The van der Waals surface area contributed by atoms with Crippen LogP contribution in [0.5, 0.6) is 0 Å². The molecule has 4 nitrogen and oxygen atoms in total. The van der Waals surface area contributed by atoms with Crippen LogP contribution in [-0.4, -0.2) is 24.2 Å². The van der Waals surface area contributed by atoms with Gasteiger partial charge < -0.3 is 15.2 Å². The highest BCUT2D eigenvalue weighted by Gasteiger charge is 2.10. The zero-order valence-corrected chi connectivity index (χ0v) is 10.3. The van der Waals surface area contributed by atoms with Gasteiger partial charge >= 0.3 is 0 Å². The molecule has 2 heterocycles. The number of hydrogen-bond acceptors (Lipinski definition) is 3. The van der Waals surface area contributed by atoms with Crippen LogP contribution in [0.4, 0.5) is 5.69 Å². The van der Waals surface area contributed by atoms with E-state index in [1.165, 1.54) is 25.7 Å². The summed E-state index contributed by atoms with van der Waals surface area (Å²) in [5, 5.41) is 0. The molecule has 4 heteroatoms. The maximum atomic E-state index is 11.6. The van der Waals surface area contributed by atoms with E-state index in [-0.39, 0.29) is 5.56 Å². The predicted octanol–water partition coefficient (Wildman–Crippen LogP) is 1.19. The van der Waals surface area contributed by atoms with Crippen molar-refractivity contribution < 1.29 is 0 Å². The molecule has 0 radical (unpaired) electrons. The number of anilines is 1. The predicted molar refractivity (Wildman–Crippen MR) is 70.4 cm³/mol. The minimum absolute atomic E-state index is 0.0361. The SMILES string of the molecule is NCCn1cc(N2CCCCCC2)ccc1=O. The van der Waals surface area contributed by atoms with E-state index in [4.69, 9.17) is 5.73 Å². The van der Waals surface area contributed by atoms with Gasteiger partial charge in [0.15, 0.2) is 0 Å². The van der Waals surface area contributed by atoms with E-state index in [1.807, 2.05) is 12.3 Å². The van der Waals surface area contributed by atoms with Crippen molar-refractivity contribution in [3.8, 4) is 0 Å². The molecule has 1 aliphatic heterocycles. The van der Waals surface area contributed by atoms with E-state index >= 15 is 0 Å². The number of aromatic nitrogens is 1. The normalized spacial score (nSPS) is 16.9. The van der Waals surface area contributed by atoms with Crippen LogP contribution in [0.2, 0.25) is 0 Å². The summed E-state index contributed by atoms with van der Waals surface area (Å²) < 4.78 is 1.71. The van der Waals surface area contributed by atoms with Crippen LogP contribution < -0.4 is 16.2 Å². The van der Waals surface area contributed by atoms with Crippen molar-refractivity contribution in [2.24, 2.45) is 5.73 Å². The van der Waals surface area contributed by atoms with Crippen LogP contribution in [-0.2, 0) is 6.54 Å². The Morgan fingerprint density at radius 2 is 1.82 bits per heavy atom. The monoisotopic (exact) mass is 235 g/mol. The minimum Gasteiger partial charge on any atom is -0.370 e. The molecule has 0 saturated carbocycles. The molecule has 0 aromatic carbocycles. The van der Waals surface area contributed by atoms with Crippen molar-refractivity contribution in [3.05, 3.63) is 28.7 Å². The first-order valence-corrected chi connectivity index (χ1v) is 6.47. The van der Waals surface area contributed by atoms with Crippen molar-refractivity contribution in [3.63, 3.8) is 0 Å². The molecule has 17 heavy (non-hydrogen) atoms. The molecule has 0 unspecified atom stereocenters. The Labute approximate surface area is 102 Å². The summed E-state index contributed by atoms with van der Waals surface area (Å²) in [5.74, 6) is 0. The van der Waals surface area contributed by atoms with Gasteiger partial charge in [0.25, 0.3) is 5.56 Å². The Balaban J connectivity index is 2.19. The van der Waals surface area contributed by atoms with E-state index < -0.39 is 0 Å². The van der Waals surface area contributed by atoms with Crippen LogP contribution >= 0.6 is 0 Å². The summed E-state index contributed by atoms with van der Waals surface area (Å²) in [6.07, 6.45) is 7.07. The van der Waals surface area contributed by atoms with E-state index in [1.54, 1.807) is 10.6 Å². The maximum absolute atomic E-state index is 11.6. The van der Waals surface area contributed by atoms with Gasteiger partial charge in [-0.25, -0.2) is 0 Å². The average Bonchev–Trinajstić information content (AvgIpc) is 2.61. The van der Waals surface area contributed by atoms with Crippen LogP contribution in [0, 0.1) is 0 Å². The number of nitrogens with two attached hydrogens (primary N) is 1. The largest absolute Gasteiger partial charge is 0.370 e. The van der Waals surface area contributed by atoms with Crippen LogP contribution in [0.3, 0.4) is 0 Å². The lowest BCUT2D eigenvalue weighted by atomic mass is 10.2. The second-order valence-electron chi connectivity index (χ2n) is 4.61. The number of hydrogen-bond donors (Lipinski definition) is 1. The summed E-state index contributed by atoms with van der Waals surface area (Å²) in [4.78, 5) is 14.0. The molecule has 0 amide bonds. The molecule has 1 fully saturated rings. The lowest BCUT2D eigenvalue weighted by molar-refractivity contribution is 0.674. The summed E-state index contributed by atoms with van der Waals surface area (Å²) in [5.41, 5.74) is 6.70. The van der Waals surface area contributed by atoms with Crippen LogP contribution in [0.1, 0.15) is 25.7 Å². The summed E-state index contributed by atoms with van der Waals surface area (Å²) in [7, 11) is 0. The van der Waals surface area contributed by atoms with Gasteiger partial charge in [-0.3, -0.25) is 4.79 Å². The maximum Gasteiger partial charge on any atom is 0.250 e. The number of nitrogens with zero attached hydrogens (tertiary/aromatic N) is 2. The third-order valence-corrected chi connectivity index (χ3v) is 3.31. The second kappa shape index (κ2) is 5.87. The quantitative estimate of drug-likeness (QED) is 0.856. The molecular weight excluding hydrogens is 214 g/mol. The first-order valence-electron chi connectivity index (χ1n) is 6.47. The fourth-order valence-corrected chi connectivity index (χ4v) is 2.35. The molecule has 1 aromatic heterocycles. The van der Waals surface area contributed by atoms with Gasteiger partial charge in [-0.05, 0) is 18.9 Å². The standard InChI is InChI=1S/C13H21N3O/c14-7-10-16-11-12(5-6-13(16)17)15-8-3-1-2-4-9-15/h5-6,11H,1-4,7-10,14H2. The van der Waals surface area contributed by atoms with E-state index in [2.05, 4.69) is 4.90 Å². The highest BCUT2D eigenvalue weighted by atomic mass is 16.1. The van der Waals surface area contributed by atoms with E-state index in [0.717, 1.165) is 18.8 Å². The molecule has 0 spiro atoms. The third kappa shape index (κ3) is 3.09. The van der Waals surface area contributed by atoms with Gasteiger partial charge in [-0.1, -0.05) is 12.8 Å². The Hall–Kier alpha value is -1.29. The fraction of sp³-hybridized carbons (Fsp3) is 0.615. The molecule has 0 atom stereocenters. The minimum atomic E-state index is 0.0361. The summed E-state index contributed by atoms with van der Waals surface area (Å²) in [6, 6.07) is 3.58. The Kier molecular flexibility index (Phi) is 4.20. The molecule has 1 aromatic rings. The first kappa shape index (κ1) is 12.2. The summed E-state index contributed by atoms with van der Waals surface area (Å²) in [6.45, 7) is 3.30. The van der Waals surface area contributed by atoms with Gasteiger partial charge in [-0.2, -0.15) is 0 Å². The zero-order valence-electron chi connectivity index (χ0n) is 10.3. The lowest BCUT2D eigenvalue weighted by Gasteiger charge is -2.23. The lowest BCUT2D eigenvalue weighted by Crippen LogP contribution is -2.28. The Morgan fingerprint density at radius 1 is 1.12 bits per heavy atom. The fourth-order valence-electron chi connectivity index (χ4n) is 2.35. The Bertz CT molecular complexity index is 405. The van der Waals surface area contributed by atoms with Gasteiger partial charge in [-0.15, -0.1) is 0 Å². The van der Waals surface area contributed by atoms with Crippen molar-refractivity contribution in [1.82, 2.24) is 4.57 Å². The van der Waals surface area contributed by atoms with E-state index in [9.17, 15) is 4.79 Å². The molecule has 94 valence electrons. The van der Waals surface area contributed by atoms with Crippen LogP contribution in [0.15, 0.2) is 23.1 Å². The Morgan fingerprint density at radius 3 is 2.47 bits per heavy atom. The van der Waals surface area contributed by atoms with Gasteiger partial charge in [0.05, 0.1) is 5.69 Å². The van der Waals surface area contributed by atoms with Gasteiger partial charge in [0, 0.05) is 38.4 Å². The number of pyridine rings is 1. The van der Waals surface area contributed by atoms with E-state index in [0.29, 0.717) is 13.1 Å². The third-order valence-electron chi connectivity index (χ3n) is 3.31. The summed E-state index contributed by atoms with van der Waals surface area (Å²) >= 11 is 0. The molecule has 0 bridgehead atoms. The van der Waals surface area contributed by atoms with Crippen molar-refractivity contribution in [1.29, 1.82) is 0 Å². The highest BCUT2D eigenvalue weighted by Crippen LogP contribution is 2.17. The van der Waals surface area contributed by atoms with Gasteiger partial charge in [0.2, 0.25) is 0 Å². The number of rotatable bonds is 3. The van der Waals surface area contributed by atoms with Crippen LogP contribution in [0.25, 0.3) is 0 Å². The molecule has 2 N–H and O–H groups in total. The van der Waals surface area contributed by atoms with Gasteiger partial charge in [0.1, 0.15) is 0 Å². The first-order chi connectivity index (χ1) is 8.31. The molecule has 2 rings (SSSR count). The van der Waals surface area contributed by atoms with Crippen molar-refractivity contribution >= 4 is 5.69 Å². The molecular formula is C13H21N3O. The molecule has 0 aliphatic carbocycles. The zero-order chi connectivity index (χ0) is 12.1. The van der Waals surface area contributed by atoms with Crippen molar-refractivity contribution in [2.75, 3.05) is 24.5 Å². The second-order valence-corrected chi connectivity index (χ2v) is 4.61. The molecule has 1 aliphatic rings. The smallest absolute Gasteiger partial charge is 0.250 e. The highest BCUT2D eigenvalue weighted by molar-refractivity contribution is 5.44. The topological polar surface area (TPSA) is 51.3 Å². The molecule has 1 saturated heterocycles.